The van der Waals surface area contributed by atoms with Gasteiger partial charge in [-0.2, -0.15) is 0 Å². The van der Waals surface area contributed by atoms with Gasteiger partial charge in [0.15, 0.2) is 17.3 Å². The van der Waals surface area contributed by atoms with Crippen LogP contribution < -0.4 is 14.8 Å². The second-order valence-electron chi connectivity index (χ2n) is 3.85. The third-order valence-corrected chi connectivity index (χ3v) is 3.50. The molecule has 102 valence electrons. The Bertz CT molecular complexity index is 694. The summed E-state index contributed by atoms with van der Waals surface area (Å²) in [6.07, 6.45) is 1.50. The van der Waals surface area contributed by atoms with Crippen molar-refractivity contribution in [2.75, 3.05) is 12.1 Å². The van der Waals surface area contributed by atoms with Gasteiger partial charge in [-0.3, -0.25) is 4.79 Å². The van der Waals surface area contributed by atoms with E-state index in [0.717, 1.165) is 0 Å². The lowest BCUT2D eigenvalue weighted by Gasteiger charge is -2.06. The SMILES string of the molecule is O=C(Nc1ncc(Br)nc1Br)c1ccc2c(c1)OCO2. The summed E-state index contributed by atoms with van der Waals surface area (Å²) in [5.74, 6) is 1.22. The molecule has 20 heavy (non-hydrogen) atoms. The summed E-state index contributed by atoms with van der Waals surface area (Å²) >= 11 is 6.43. The number of hydrogen-bond acceptors (Lipinski definition) is 5. The van der Waals surface area contributed by atoms with Crippen LogP contribution in [0.4, 0.5) is 5.82 Å². The Labute approximate surface area is 130 Å². The molecule has 0 unspecified atom stereocenters. The number of carbonyl (C=O) groups excluding carboxylic acids is 1. The highest BCUT2D eigenvalue weighted by Gasteiger charge is 2.17. The number of nitrogens with one attached hydrogen (secondary N) is 1. The van der Waals surface area contributed by atoms with Crippen molar-refractivity contribution in [3.63, 3.8) is 0 Å². The Hall–Kier alpha value is -1.67. The van der Waals surface area contributed by atoms with Crippen LogP contribution in [0, 0.1) is 0 Å². The zero-order chi connectivity index (χ0) is 14.1. The molecule has 0 aliphatic carbocycles. The van der Waals surface area contributed by atoms with Crippen molar-refractivity contribution in [2.45, 2.75) is 0 Å². The largest absolute Gasteiger partial charge is 0.454 e. The molecular weight excluding hydrogens is 394 g/mol. The summed E-state index contributed by atoms with van der Waals surface area (Å²) < 4.78 is 11.4. The zero-order valence-corrected chi connectivity index (χ0v) is 13.1. The number of halogens is 2. The Kier molecular flexibility index (Phi) is 3.58. The molecule has 2 heterocycles. The fraction of sp³-hybridized carbons (Fsp3) is 0.0833. The smallest absolute Gasteiger partial charge is 0.257 e. The Balaban J connectivity index is 1.82. The first-order chi connectivity index (χ1) is 9.63. The molecule has 8 heteroatoms. The fourth-order valence-corrected chi connectivity index (χ4v) is 2.56. The molecule has 1 amide bonds. The standard InChI is InChI=1S/C12H7Br2N3O3/c13-9-4-15-11(10(14)16-9)17-12(18)6-1-2-7-8(3-6)20-5-19-7/h1-4H,5H2,(H,15,17,18). The fourth-order valence-electron chi connectivity index (χ4n) is 1.65. The van der Waals surface area contributed by atoms with Crippen LogP contribution in [0.2, 0.25) is 0 Å². The van der Waals surface area contributed by atoms with Gasteiger partial charge in [0.25, 0.3) is 5.91 Å². The third-order valence-electron chi connectivity index (χ3n) is 2.57. The number of hydrogen-bond donors (Lipinski definition) is 1. The lowest BCUT2D eigenvalue weighted by molar-refractivity contribution is 0.102. The van der Waals surface area contributed by atoms with Crippen molar-refractivity contribution in [2.24, 2.45) is 0 Å². The van der Waals surface area contributed by atoms with Gasteiger partial charge >= 0.3 is 0 Å². The van der Waals surface area contributed by atoms with Gasteiger partial charge in [-0.05, 0) is 50.1 Å². The van der Waals surface area contributed by atoms with Crippen LogP contribution in [-0.2, 0) is 0 Å². The normalized spacial score (nSPS) is 12.3. The lowest BCUT2D eigenvalue weighted by Crippen LogP contribution is -2.13. The maximum atomic E-state index is 12.1. The molecule has 0 fully saturated rings. The van der Waals surface area contributed by atoms with E-state index in [1.165, 1.54) is 6.20 Å². The molecule has 1 N–H and O–H groups in total. The molecule has 6 nitrogen and oxygen atoms in total. The van der Waals surface area contributed by atoms with E-state index < -0.39 is 0 Å². The first-order valence-corrected chi connectivity index (χ1v) is 7.11. The first kappa shape index (κ1) is 13.3. The van der Waals surface area contributed by atoms with E-state index in [-0.39, 0.29) is 12.7 Å². The first-order valence-electron chi connectivity index (χ1n) is 5.52. The molecule has 1 aliphatic rings. The van der Waals surface area contributed by atoms with Crippen molar-refractivity contribution < 1.29 is 14.3 Å². The molecule has 1 aromatic heterocycles. The molecule has 2 aromatic rings. The molecule has 0 saturated heterocycles. The number of ether oxygens (including phenoxy) is 2. The number of benzene rings is 1. The minimum atomic E-state index is -0.305. The van der Waals surface area contributed by atoms with Crippen LogP contribution in [-0.4, -0.2) is 22.7 Å². The van der Waals surface area contributed by atoms with E-state index in [4.69, 9.17) is 9.47 Å². The van der Waals surface area contributed by atoms with Gasteiger partial charge in [0.2, 0.25) is 6.79 Å². The van der Waals surface area contributed by atoms with E-state index >= 15 is 0 Å². The minimum absolute atomic E-state index is 0.171. The van der Waals surface area contributed by atoms with Gasteiger partial charge in [0, 0.05) is 5.56 Å². The Morgan fingerprint density at radius 1 is 1.25 bits per heavy atom. The number of carbonyl (C=O) groups is 1. The molecular formula is C12H7Br2N3O3. The highest BCUT2D eigenvalue weighted by Crippen LogP contribution is 2.32. The number of nitrogens with zero attached hydrogens (tertiary/aromatic N) is 2. The van der Waals surface area contributed by atoms with Gasteiger partial charge < -0.3 is 14.8 Å². The van der Waals surface area contributed by atoms with E-state index in [1.54, 1.807) is 18.2 Å². The number of rotatable bonds is 2. The topological polar surface area (TPSA) is 73.3 Å². The third kappa shape index (κ3) is 2.61. The van der Waals surface area contributed by atoms with Gasteiger partial charge in [0.1, 0.15) is 9.21 Å². The van der Waals surface area contributed by atoms with Crippen molar-refractivity contribution in [3.8, 4) is 11.5 Å². The van der Waals surface area contributed by atoms with E-state index in [0.29, 0.717) is 32.1 Å². The van der Waals surface area contributed by atoms with Gasteiger partial charge in [0.05, 0.1) is 6.20 Å². The summed E-state index contributed by atoms with van der Waals surface area (Å²) in [5, 5.41) is 2.67. The average molecular weight is 401 g/mol. The van der Waals surface area contributed by atoms with Crippen LogP contribution in [0.1, 0.15) is 10.4 Å². The molecule has 0 atom stereocenters. The molecule has 0 saturated carbocycles. The molecule has 0 bridgehead atoms. The van der Waals surface area contributed by atoms with Crippen LogP contribution in [0.5, 0.6) is 11.5 Å². The quantitative estimate of drug-likeness (QED) is 0.838. The lowest BCUT2D eigenvalue weighted by atomic mass is 10.2. The summed E-state index contributed by atoms with van der Waals surface area (Å²) in [7, 11) is 0. The summed E-state index contributed by atoms with van der Waals surface area (Å²) in [6, 6.07) is 4.97. The number of anilines is 1. The van der Waals surface area contributed by atoms with Gasteiger partial charge in [-0.15, -0.1) is 0 Å². The maximum Gasteiger partial charge on any atom is 0.257 e. The second kappa shape index (κ2) is 5.37. The predicted molar refractivity (Wildman–Crippen MR) is 78.0 cm³/mol. The van der Waals surface area contributed by atoms with Crippen molar-refractivity contribution in [1.82, 2.24) is 9.97 Å². The number of fused-ring (bicyclic) bond motifs is 1. The van der Waals surface area contributed by atoms with E-state index in [9.17, 15) is 4.79 Å². The summed E-state index contributed by atoms with van der Waals surface area (Å²) in [4.78, 5) is 20.3. The number of amides is 1. The molecule has 0 radical (unpaired) electrons. The van der Waals surface area contributed by atoms with Crippen LogP contribution in [0.25, 0.3) is 0 Å². The summed E-state index contributed by atoms with van der Waals surface area (Å²) in [5.41, 5.74) is 0.450. The monoisotopic (exact) mass is 399 g/mol. The van der Waals surface area contributed by atoms with Crippen LogP contribution in [0.15, 0.2) is 33.6 Å². The van der Waals surface area contributed by atoms with E-state index in [1.807, 2.05) is 0 Å². The molecule has 1 aliphatic heterocycles. The molecule has 3 rings (SSSR count). The van der Waals surface area contributed by atoms with Crippen molar-refractivity contribution in [1.29, 1.82) is 0 Å². The number of aromatic nitrogens is 2. The van der Waals surface area contributed by atoms with Gasteiger partial charge in [-0.1, -0.05) is 0 Å². The van der Waals surface area contributed by atoms with Crippen molar-refractivity contribution in [3.05, 3.63) is 39.2 Å². The Morgan fingerprint density at radius 2 is 2.05 bits per heavy atom. The van der Waals surface area contributed by atoms with E-state index in [2.05, 4.69) is 47.1 Å². The highest BCUT2D eigenvalue weighted by molar-refractivity contribution is 9.11. The highest BCUT2D eigenvalue weighted by atomic mass is 79.9. The van der Waals surface area contributed by atoms with Crippen molar-refractivity contribution >= 4 is 43.6 Å². The average Bonchev–Trinajstić information content (AvgIpc) is 2.89. The van der Waals surface area contributed by atoms with Crippen LogP contribution >= 0.6 is 31.9 Å². The molecule has 0 spiro atoms. The maximum absolute atomic E-state index is 12.1. The molecule has 1 aromatic carbocycles. The predicted octanol–water partition coefficient (Wildman–Crippen LogP) is 2.98. The minimum Gasteiger partial charge on any atom is -0.454 e. The Morgan fingerprint density at radius 3 is 2.85 bits per heavy atom. The summed E-state index contributed by atoms with van der Waals surface area (Å²) in [6.45, 7) is 0.171. The zero-order valence-electron chi connectivity index (χ0n) is 9.89. The van der Waals surface area contributed by atoms with Crippen LogP contribution in [0.3, 0.4) is 0 Å². The second-order valence-corrected chi connectivity index (χ2v) is 5.42. The van der Waals surface area contributed by atoms with Gasteiger partial charge in [-0.25, -0.2) is 9.97 Å².